The summed E-state index contributed by atoms with van der Waals surface area (Å²) in [5.74, 6) is 0. The second-order valence-electron chi connectivity index (χ2n) is 3.75. The fourth-order valence-electron chi connectivity index (χ4n) is 1.70. The highest BCUT2D eigenvalue weighted by molar-refractivity contribution is 7.12. The zero-order valence-corrected chi connectivity index (χ0v) is 9.22. The van der Waals surface area contributed by atoms with Crippen molar-refractivity contribution in [3.63, 3.8) is 0 Å². The van der Waals surface area contributed by atoms with Gasteiger partial charge in [-0.15, -0.1) is 11.3 Å². The van der Waals surface area contributed by atoms with Crippen LogP contribution in [-0.4, -0.2) is 18.9 Å². The van der Waals surface area contributed by atoms with Crippen molar-refractivity contribution in [1.29, 1.82) is 0 Å². The third-order valence-electron chi connectivity index (χ3n) is 2.51. The van der Waals surface area contributed by atoms with E-state index in [2.05, 4.69) is 17.2 Å². The van der Waals surface area contributed by atoms with Gasteiger partial charge in [0.15, 0.2) is 6.29 Å². The first-order valence-electron chi connectivity index (χ1n) is 5.15. The lowest BCUT2D eigenvalue weighted by atomic mass is 10.3. The highest BCUT2D eigenvalue weighted by Gasteiger charge is 2.28. The third kappa shape index (κ3) is 1.98. The molecule has 0 saturated heterocycles. The molecule has 76 valence electrons. The highest BCUT2D eigenvalue weighted by atomic mass is 32.1. The average Bonchev–Trinajstić information content (AvgIpc) is 2.92. The van der Waals surface area contributed by atoms with Crippen LogP contribution < -0.4 is 4.90 Å². The number of thiophene rings is 1. The Morgan fingerprint density at radius 2 is 2.43 bits per heavy atom. The molecule has 1 saturated carbocycles. The summed E-state index contributed by atoms with van der Waals surface area (Å²) in [4.78, 5) is 13.8. The first-order valence-corrected chi connectivity index (χ1v) is 6.03. The van der Waals surface area contributed by atoms with Crippen LogP contribution in [0.4, 0.5) is 5.69 Å². The van der Waals surface area contributed by atoms with E-state index in [4.69, 9.17) is 0 Å². The summed E-state index contributed by atoms with van der Waals surface area (Å²) in [6, 6.07) is 2.75. The Morgan fingerprint density at radius 3 is 2.93 bits per heavy atom. The molecule has 0 bridgehead atoms. The van der Waals surface area contributed by atoms with Crippen LogP contribution in [0.5, 0.6) is 0 Å². The Morgan fingerprint density at radius 1 is 1.64 bits per heavy atom. The first-order chi connectivity index (χ1) is 6.85. The van der Waals surface area contributed by atoms with Crippen LogP contribution in [0.25, 0.3) is 0 Å². The molecule has 0 radical (unpaired) electrons. The number of nitrogens with zero attached hydrogens (tertiary/aromatic N) is 1. The van der Waals surface area contributed by atoms with Crippen LogP contribution in [0.1, 0.15) is 35.9 Å². The predicted molar refractivity (Wildman–Crippen MR) is 60.4 cm³/mol. The van der Waals surface area contributed by atoms with Gasteiger partial charge in [0.1, 0.15) is 0 Å². The van der Waals surface area contributed by atoms with E-state index in [0.717, 1.165) is 23.7 Å². The van der Waals surface area contributed by atoms with Crippen molar-refractivity contribution in [2.45, 2.75) is 32.2 Å². The summed E-state index contributed by atoms with van der Waals surface area (Å²) in [5, 5.41) is 2.09. The molecule has 0 aliphatic heterocycles. The van der Waals surface area contributed by atoms with E-state index in [-0.39, 0.29) is 0 Å². The molecule has 14 heavy (non-hydrogen) atoms. The summed E-state index contributed by atoms with van der Waals surface area (Å²) in [6.45, 7) is 3.31. The lowest BCUT2D eigenvalue weighted by Crippen LogP contribution is -2.25. The van der Waals surface area contributed by atoms with Gasteiger partial charge in [0.2, 0.25) is 0 Å². The molecule has 3 heteroatoms. The summed E-state index contributed by atoms with van der Waals surface area (Å²) in [5.41, 5.74) is 1.24. The van der Waals surface area contributed by atoms with E-state index in [1.54, 1.807) is 0 Å². The molecule has 1 aromatic heterocycles. The fourth-order valence-corrected chi connectivity index (χ4v) is 2.41. The number of hydrogen-bond donors (Lipinski definition) is 0. The molecule has 0 unspecified atom stereocenters. The fraction of sp³-hybridized carbons (Fsp3) is 0.545. The molecular formula is C11H15NOS. The molecule has 0 atom stereocenters. The zero-order chi connectivity index (χ0) is 9.97. The molecule has 0 spiro atoms. The summed E-state index contributed by atoms with van der Waals surface area (Å²) in [7, 11) is 0. The number of carbonyl (C=O) groups is 1. The standard InChI is InChI=1S/C11H15NOS/c1-2-5-12(9-3-4-9)10-6-11(7-13)14-8-10/h6-9H,2-5H2,1H3. The predicted octanol–water partition coefficient (Wildman–Crippen LogP) is 2.94. The van der Waals surface area contributed by atoms with Gasteiger partial charge in [-0.2, -0.15) is 0 Å². The van der Waals surface area contributed by atoms with Crippen molar-refractivity contribution in [2.24, 2.45) is 0 Å². The van der Waals surface area contributed by atoms with E-state index in [1.165, 1.54) is 36.3 Å². The maximum Gasteiger partial charge on any atom is 0.160 e. The lowest BCUT2D eigenvalue weighted by Gasteiger charge is -2.22. The Labute approximate surface area is 88.5 Å². The molecule has 1 aliphatic carbocycles. The monoisotopic (exact) mass is 209 g/mol. The molecule has 0 aromatic carbocycles. The van der Waals surface area contributed by atoms with Gasteiger partial charge in [-0.1, -0.05) is 6.92 Å². The average molecular weight is 209 g/mol. The van der Waals surface area contributed by atoms with Crippen LogP contribution >= 0.6 is 11.3 Å². The smallest absolute Gasteiger partial charge is 0.160 e. The van der Waals surface area contributed by atoms with Crippen LogP contribution in [0.2, 0.25) is 0 Å². The van der Waals surface area contributed by atoms with Crippen LogP contribution in [0, 0.1) is 0 Å². The lowest BCUT2D eigenvalue weighted by molar-refractivity contribution is 0.112. The van der Waals surface area contributed by atoms with E-state index in [9.17, 15) is 4.79 Å². The molecule has 1 fully saturated rings. The van der Waals surface area contributed by atoms with E-state index < -0.39 is 0 Å². The molecule has 2 rings (SSSR count). The zero-order valence-electron chi connectivity index (χ0n) is 8.40. The van der Waals surface area contributed by atoms with Crippen molar-refractivity contribution < 1.29 is 4.79 Å². The summed E-state index contributed by atoms with van der Waals surface area (Å²) >= 11 is 1.54. The largest absolute Gasteiger partial charge is 0.368 e. The Balaban J connectivity index is 2.12. The summed E-state index contributed by atoms with van der Waals surface area (Å²) in [6.07, 6.45) is 4.73. The van der Waals surface area contributed by atoms with Crippen molar-refractivity contribution in [3.8, 4) is 0 Å². The maximum absolute atomic E-state index is 10.6. The maximum atomic E-state index is 10.6. The highest BCUT2D eigenvalue weighted by Crippen LogP contribution is 2.33. The second kappa shape index (κ2) is 4.13. The molecule has 0 N–H and O–H groups in total. The van der Waals surface area contributed by atoms with Gasteiger partial charge in [0, 0.05) is 23.7 Å². The van der Waals surface area contributed by atoms with Gasteiger partial charge in [0.25, 0.3) is 0 Å². The Bertz CT molecular complexity index is 317. The van der Waals surface area contributed by atoms with Gasteiger partial charge < -0.3 is 4.90 Å². The number of anilines is 1. The number of rotatable bonds is 5. The van der Waals surface area contributed by atoms with Crippen LogP contribution in [-0.2, 0) is 0 Å². The number of aldehydes is 1. The molecule has 0 amide bonds. The van der Waals surface area contributed by atoms with E-state index >= 15 is 0 Å². The van der Waals surface area contributed by atoms with Crippen molar-refractivity contribution >= 4 is 23.3 Å². The van der Waals surface area contributed by atoms with E-state index in [0.29, 0.717) is 0 Å². The Kier molecular flexibility index (Phi) is 2.87. The van der Waals surface area contributed by atoms with Gasteiger partial charge in [-0.25, -0.2) is 0 Å². The van der Waals surface area contributed by atoms with Gasteiger partial charge in [0.05, 0.1) is 4.88 Å². The van der Waals surface area contributed by atoms with Gasteiger partial charge >= 0.3 is 0 Å². The number of hydrogen-bond acceptors (Lipinski definition) is 3. The van der Waals surface area contributed by atoms with Crippen LogP contribution in [0.15, 0.2) is 11.4 Å². The minimum Gasteiger partial charge on any atom is -0.368 e. The molecule has 1 aliphatic rings. The topological polar surface area (TPSA) is 20.3 Å². The van der Waals surface area contributed by atoms with E-state index in [1.807, 2.05) is 6.07 Å². The minimum absolute atomic E-state index is 0.740. The SMILES string of the molecule is CCCN(c1csc(C=O)c1)C1CC1. The number of carbonyl (C=O) groups excluding carboxylic acids is 1. The normalized spacial score (nSPS) is 15.5. The molecular weight excluding hydrogens is 194 g/mol. The molecule has 2 nitrogen and oxygen atoms in total. The summed E-state index contributed by atoms with van der Waals surface area (Å²) < 4.78 is 0. The first kappa shape index (κ1) is 9.71. The van der Waals surface area contributed by atoms with Crippen molar-refractivity contribution in [1.82, 2.24) is 0 Å². The molecule has 1 aromatic rings. The van der Waals surface area contributed by atoms with Gasteiger partial charge in [-0.05, 0) is 25.3 Å². The minimum atomic E-state index is 0.740. The quantitative estimate of drug-likeness (QED) is 0.695. The third-order valence-corrected chi connectivity index (χ3v) is 3.35. The van der Waals surface area contributed by atoms with Gasteiger partial charge in [-0.3, -0.25) is 4.79 Å². The Hall–Kier alpha value is -0.830. The van der Waals surface area contributed by atoms with Crippen molar-refractivity contribution in [2.75, 3.05) is 11.4 Å². The van der Waals surface area contributed by atoms with Crippen molar-refractivity contribution in [3.05, 3.63) is 16.3 Å². The second-order valence-corrected chi connectivity index (χ2v) is 4.69. The van der Waals surface area contributed by atoms with Crippen LogP contribution in [0.3, 0.4) is 0 Å². The molecule has 1 heterocycles.